The van der Waals surface area contributed by atoms with Crippen molar-refractivity contribution < 1.29 is 38.0 Å². The molecule has 0 saturated carbocycles. The minimum absolute atomic E-state index is 0.477. The van der Waals surface area contributed by atoms with Crippen LogP contribution in [0.4, 0.5) is 0 Å². The minimum atomic E-state index is -1.25. The van der Waals surface area contributed by atoms with Crippen molar-refractivity contribution in [1.82, 2.24) is 0 Å². The SMILES string of the molecule is COC(=O)C1OC2(CCCCO2)C2(CCCCO2)OC1C(=O)OC. The van der Waals surface area contributed by atoms with Crippen molar-refractivity contribution in [2.24, 2.45) is 0 Å². The van der Waals surface area contributed by atoms with E-state index in [0.29, 0.717) is 26.1 Å². The molecule has 3 aliphatic heterocycles. The molecular weight excluding hydrogens is 320 g/mol. The quantitative estimate of drug-likeness (QED) is 0.683. The van der Waals surface area contributed by atoms with E-state index in [1.165, 1.54) is 14.2 Å². The molecule has 0 bridgehead atoms. The predicted octanol–water partition coefficient (Wildman–Crippen LogP) is 0.910. The molecule has 8 heteroatoms. The summed E-state index contributed by atoms with van der Waals surface area (Å²) in [7, 11) is 2.46. The summed E-state index contributed by atoms with van der Waals surface area (Å²) in [5, 5.41) is 0. The topological polar surface area (TPSA) is 89.5 Å². The summed E-state index contributed by atoms with van der Waals surface area (Å²) >= 11 is 0. The molecule has 0 aromatic carbocycles. The maximum absolute atomic E-state index is 12.2. The highest BCUT2D eigenvalue weighted by Gasteiger charge is 2.66. The summed E-state index contributed by atoms with van der Waals surface area (Å²) < 4.78 is 33.6. The van der Waals surface area contributed by atoms with Crippen molar-refractivity contribution in [3.63, 3.8) is 0 Å². The van der Waals surface area contributed by atoms with Gasteiger partial charge in [0, 0.05) is 12.8 Å². The fraction of sp³-hybridized carbons (Fsp3) is 0.875. The largest absolute Gasteiger partial charge is 0.467 e. The van der Waals surface area contributed by atoms with E-state index < -0.39 is 35.7 Å². The number of carbonyl (C=O) groups excluding carboxylic acids is 2. The molecule has 3 heterocycles. The zero-order valence-corrected chi connectivity index (χ0v) is 14.1. The van der Waals surface area contributed by atoms with Crippen molar-refractivity contribution in [3.05, 3.63) is 0 Å². The van der Waals surface area contributed by atoms with Crippen LogP contribution in [0.3, 0.4) is 0 Å². The van der Waals surface area contributed by atoms with E-state index >= 15 is 0 Å². The average Bonchev–Trinajstić information content (AvgIpc) is 2.64. The molecule has 0 radical (unpaired) electrons. The lowest BCUT2D eigenvalue weighted by molar-refractivity contribution is -0.472. The Morgan fingerprint density at radius 1 is 0.792 bits per heavy atom. The molecule has 0 N–H and O–H groups in total. The third-order valence-corrected chi connectivity index (χ3v) is 4.83. The Hall–Kier alpha value is -1.22. The molecule has 24 heavy (non-hydrogen) atoms. The van der Waals surface area contributed by atoms with Gasteiger partial charge in [0.25, 0.3) is 0 Å². The van der Waals surface area contributed by atoms with Crippen LogP contribution in [0.1, 0.15) is 38.5 Å². The lowest BCUT2D eigenvalue weighted by Gasteiger charge is -2.56. The summed E-state index contributed by atoms with van der Waals surface area (Å²) in [5.41, 5.74) is 0. The van der Waals surface area contributed by atoms with Crippen molar-refractivity contribution in [2.45, 2.75) is 62.3 Å². The normalized spacial score (nSPS) is 39.6. The summed E-state index contributed by atoms with van der Waals surface area (Å²) in [6.45, 7) is 0.955. The van der Waals surface area contributed by atoms with Gasteiger partial charge in [-0.05, 0) is 25.7 Å². The van der Waals surface area contributed by atoms with Gasteiger partial charge in [-0.25, -0.2) is 9.59 Å². The Kier molecular flexibility index (Phi) is 5.10. The molecule has 8 nitrogen and oxygen atoms in total. The Labute approximate surface area is 140 Å². The zero-order chi connectivity index (χ0) is 17.2. The Bertz CT molecular complexity index is 434. The van der Waals surface area contributed by atoms with Crippen LogP contribution in [0, 0.1) is 0 Å². The highest BCUT2D eigenvalue weighted by atomic mass is 16.8. The van der Waals surface area contributed by atoms with Gasteiger partial charge in [0.1, 0.15) is 0 Å². The van der Waals surface area contributed by atoms with Gasteiger partial charge in [0.2, 0.25) is 11.6 Å². The second-order valence-electron chi connectivity index (χ2n) is 6.24. The molecule has 0 amide bonds. The standard InChI is InChI=1S/C16H24O8/c1-19-13(17)11-12(14(18)20-2)24-16(8-4-6-10-22-16)15(23-11)7-3-5-9-21-15/h11-12H,3-10H2,1-2H3. The summed E-state index contributed by atoms with van der Waals surface area (Å²) in [6.07, 6.45) is 2.03. The number of rotatable bonds is 2. The van der Waals surface area contributed by atoms with Gasteiger partial charge in [-0.15, -0.1) is 0 Å². The first-order valence-electron chi connectivity index (χ1n) is 8.37. The first-order chi connectivity index (χ1) is 11.6. The molecule has 0 aromatic heterocycles. The van der Waals surface area contributed by atoms with Gasteiger partial charge in [-0.1, -0.05) is 0 Å². The second-order valence-corrected chi connectivity index (χ2v) is 6.24. The fourth-order valence-corrected chi connectivity index (χ4v) is 3.61. The number of esters is 2. The van der Waals surface area contributed by atoms with Crippen molar-refractivity contribution in [1.29, 1.82) is 0 Å². The Morgan fingerprint density at radius 3 is 1.50 bits per heavy atom. The fourth-order valence-electron chi connectivity index (χ4n) is 3.61. The number of hydrogen-bond acceptors (Lipinski definition) is 8. The molecule has 4 atom stereocenters. The smallest absolute Gasteiger partial charge is 0.338 e. The number of carbonyl (C=O) groups is 2. The lowest BCUT2D eigenvalue weighted by Crippen LogP contribution is -2.72. The number of hydrogen-bond donors (Lipinski definition) is 0. The Balaban J connectivity index is 1.97. The first kappa shape index (κ1) is 17.6. The van der Waals surface area contributed by atoms with E-state index in [-0.39, 0.29) is 0 Å². The van der Waals surface area contributed by atoms with Crippen LogP contribution >= 0.6 is 0 Å². The second kappa shape index (κ2) is 6.95. The van der Waals surface area contributed by atoms with Crippen LogP contribution in [0.2, 0.25) is 0 Å². The Morgan fingerprint density at radius 2 is 1.21 bits per heavy atom. The summed E-state index contributed by atoms with van der Waals surface area (Å²) in [4.78, 5) is 24.3. The van der Waals surface area contributed by atoms with Crippen LogP contribution in [0.5, 0.6) is 0 Å². The van der Waals surface area contributed by atoms with Crippen LogP contribution in [-0.2, 0) is 38.0 Å². The summed E-state index contributed by atoms with van der Waals surface area (Å²) in [6, 6.07) is 0. The van der Waals surface area contributed by atoms with E-state index in [2.05, 4.69) is 0 Å². The molecule has 3 rings (SSSR count). The molecule has 0 aliphatic carbocycles. The third-order valence-electron chi connectivity index (χ3n) is 4.83. The van der Waals surface area contributed by atoms with E-state index in [4.69, 9.17) is 28.4 Å². The van der Waals surface area contributed by atoms with Crippen molar-refractivity contribution in [3.8, 4) is 0 Å². The molecule has 4 unspecified atom stereocenters. The molecule has 3 saturated heterocycles. The average molecular weight is 344 g/mol. The van der Waals surface area contributed by atoms with E-state index in [1.54, 1.807) is 0 Å². The summed E-state index contributed by atoms with van der Waals surface area (Å²) in [5.74, 6) is -3.83. The number of fused-ring (bicyclic) bond motifs is 1. The van der Waals surface area contributed by atoms with Crippen LogP contribution in [0.25, 0.3) is 0 Å². The van der Waals surface area contributed by atoms with Crippen LogP contribution in [0.15, 0.2) is 0 Å². The lowest BCUT2D eigenvalue weighted by atomic mass is 9.88. The van der Waals surface area contributed by atoms with Crippen molar-refractivity contribution in [2.75, 3.05) is 27.4 Å². The maximum atomic E-state index is 12.2. The highest BCUT2D eigenvalue weighted by Crippen LogP contribution is 2.49. The van der Waals surface area contributed by atoms with Gasteiger partial charge in [0.05, 0.1) is 27.4 Å². The monoisotopic (exact) mass is 344 g/mol. The zero-order valence-electron chi connectivity index (χ0n) is 14.1. The third kappa shape index (κ3) is 2.81. The number of ether oxygens (including phenoxy) is 6. The minimum Gasteiger partial charge on any atom is -0.467 e. The van der Waals surface area contributed by atoms with Crippen LogP contribution in [-0.4, -0.2) is 63.2 Å². The molecular formula is C16H24O8. The van der Waals surface area contributed by atoms with E-state index in [9.17, 15) is 9.59 Å². The molecule has 2 spiro atoms. The van der Waals surface area contributed by atoms with Crippen molar-refractivity contribution >= 4 is 11.9 Å². The van der Waals surface area contributed by atoms with Gasteiger partial charge in [-0.3, -0.25) is 0 Å². The molecule has 3 aliphatic rings. The highest BCUT2D eigenvalue weighted by molar-refractivity contribution is 5.86. The van der Waals surface area contributed by atoms with Gasteiger partial charge in [-0.2, -0.15) is 0 Å². The molecule has 0 aromatic rings. The van der Waals surface area contributed by atoms with Gasteiger partial charge >= 0.3 is 11.9 Å². The van der Waals surface area contributed by atoms with E-state index in [1.807, 2.05) is 0 Å². The van der Waals surface area contributed by atoms with Gasteiger partial charge in [0.15, 0.2) is 12.2 Å². The van der Waals surface area contributed by atoms with E-state index in [0.717, 1.165) is 25.7 Å². The van der Waals surface area contributed by atoms with Gasteiger partial charge < -0.3 is 28.4 Å². The predicted molar refractivity (Wildman–Crippen MR) is 78.8 cm³/mol. The number of methoxy groups -OCH3 is 2. The van der Waals surface area contributed by atoms with Crippen LogP contribution < -0.4 is 0 Å². The molecule has 136 valence electrons. The molecule has 3 fully saturated rings. The maximum Gasteiger partial charge on any atom is 0.338 e. The first-order valence-corrected chi connectivity index (χ1v) is 8.37.